The maximum Gasteiger partial charge on any atom is 0.426 e. The van der Waals surface area contributed by atoms with E-state index in [0.29, 0.717) is 16.8 Å². The zero-order chi connectivity index (χ0) is 21.9. The summed E-state index contributed by atoms with van der Waals surface area (Å²) in [6.07, 6.45) is -0.574. The van der Waals surface area contributed by atoms with Gasteiger partial charge in [0.2, 0.25) is 0 Å². The molecule has 0 aliphatic carbocycles. The highest BCUT2D eigenvalue weighted by atomic mass is 19.4. The molecule has 0 aromatic heterocycles. The molecular formula is C22H25F3N2O3. The molecule has 30 heavy (non-hydrogen) atoms. The Labute approximate surface area is 173 Å². The van der Waals surface area contributed by atoms with Gasteiger partial charge < -0.3 is 14.5 Å². The Morgan fingerprint density at radius 1 is 1.13 bits per heavy atom. The van der Waals surface area contributed by atoms with E-state index in [1.807, 2.05) is 4.90 Å². The molecular weight excluding hydrogens is 397 g/mol. The number of likely N-dealkylation sites (N-methyl/N-ethyl adjacent to an activating group) is 1. The second kappa shape index (κ2) is 8.53. The number of alkyl halides is 3. The van der Waals surface area contributed by atoms with Gasteiger partial charge in [-0.25, -0.2) is 4.79 Å². The summed E-state index contributed by atoms with van der Waals surface area (Å²) in [5.74, 6) is -1.56. The highest BCUT2D eigenvalue weighted by molar-refractivity contribution is 5.96. The van der Waals surface area contributed by atoms with Crippen LogP contribution in [0.1, 0.15) is 36.0 Å². The number of rotatable bonds is 6. The molecule has 5 nitrogen and oxygen atoms in total. The average Bonchev–Trinajstić information content (AvgIpc) is 3.26. The van der Waals surface area contributed by atoms with Crippen molar-refractivity contribution in [3.8, 4) is 0 Å². The van der Waals surface area contributed by atoms with Crippen LogP contribution in [0.15, 0.2) is 53.9 Å². The summed E-state index contributed by atoms with van der Waals surface area (Å²) in [6, 6.07) is 8.62. The van der Waals surface area contributed by atoms with Crippen LogP contribution in [0.25, 0.3) is 0 Å². The smallest absolute Gasteiger partial charge is 0.426 e. The minimum atomic E-state index is -4.89. The Bertz CT molecular complexity index is 858. The maximum atomic E-state index is 14.1. The van der Waals surface area contributed by atoms with Gasteiger partial charge in [0.05, 0.1) is 12.8 Å². The summed E-state index contributed by atoms with van der Waals surface area (Å²) in [6.45, 7) is 1.45. The summed E-state index contributed by atoms with van der Waals surface area (Å²) >= 11 is 0. The lowest BCUT2D eigenvalue weighted by molar-refractivity contribution is -0.218. The molecule has 3 rings (SSSR count). The van der Waals surface area contributed by atoms with Gasteiger partial charge in [0.15, 0.2) is 5.78 Å². The summed E-state index contributed by atoms with van der Waals surface area (Å²) in [4.78, 5) is 27.8. The van der Waals surface area contributed by atoms with Crippen molar-refractivity contribution in [2.24, 2.45) is 0 Å². The summed E-state index contributed by atoms with van der Waals surface area (Å²) in [5, 5.41) is 0. The lowest BCUT2D eigenvalue weighted by Crippen LogP contribution is -2.61. The van der Waals surface area contributed by atoms with E-state index < -0.39 is 17.7 Å². The maximum absolute atomic E-state index is 14.1. The van der Waals surface area contributed by atoms with Gasteiger partial charge in [-0.3, -0.25) is 4.79 Å². The van der Waals surface area contributed by atoms with Crippen LogP contribution in [0, 0.1) is 0 Å². The topological polar surface area (TPSA) is 49.9 Å². The van der Waals surface area contributed by atoms with Crippen LogP contribution < -0.4 is 0 Å². The number of nitrogens with zero attached hydrogens (tertiary/aromatic N) is 2. The Morgan fingerprint density at radius 2 is 1.77 bits per heavy atom. The van der Waals surface area contributed by atoms with Crippen LogP contribution in [0.3, 0.4) is 0 Å². The number of likely N-dealkylation sites (tertiary alicyclic amines) is 1. The van der Waals surface area contributed by atoms with Crippen molar-refractivity contribution >= 4 is 11.8 Å². The third kappa shape index (κ3) is 3.95. The van der Waals surface area contributed by atoms with E-state index in [4.69, 9.17) is 0 Å². The number of methoxy groups -OCH3 is 1. The molecule has 0 N–H and O–H groups in total. The molecule has 2 aliphatic heterocycles. The molecule has 1 aromatic carbocycles. The fourth-order valence-corrected chi connectivity index (χ4v) is 4.01. The van der Waals surface area contributed by atoms with Crippen molar-refractivity contribution < 1.29 is 27.5 Å². The van der Waals surface area contributed by atoms with E-state index in [1.54, 1.807) is 30.3 Å². The molecule has 2 heterocycles. The molecule has 0 saturated carbocycles. The fourth-order valence-electron chi connectivity index (χ4n) is 4.01. The number of ether oxygens (including phenoxy) is 1. The Morgan fingerprint density at radius 3 is 2.33 bits per heavy atom. The lowest BCUT2D eigenvalue weighted by Gasteiger charge is -2.42. The van der Waals surface area contributed by atoms with Gasteiger partial charge in [-0.15, -0.1) is 0 Å². The fraction of sp³-hybridized carbons (Fsp3) is 0.455. The monoisotopic (exact) mass is 422 g/mol. The van der Waals surface area contributed by atoms with Crippen molar-refractivity contribution in [2.45, 2.75) is 37.4 Å². The van der Waals surface area contributed by atoms with Gasteiger partial charge in [0.25, 0.3) is 5.54 Å². The number of carbonyl (C=O) groups is 2. The number of ketones is 1. The van der Waals surface area contributed by atoms with Crippen molar-refractivity contribution in [2.75, 3.05) is 27.2 Å². The van der Waals surface area contributed by atoms with Crippen LogP contribution in [0.4, 0.5) is 13.2 Å². The first-order valence-electron chi connectivity index (χ1n) is 9.86. The molecule has 1 aromatic rings. The highest BCUT2D eigenvalue weighted by Gasteiger charge is 2.64. The lowest BCUT2D eigenvalue weighted by atomic mass is 9.87. The number of hydrogen-bond acceptors (Lipinski definition) is 5. The van der Waals surface area contributed by atoms with Gasteiger partial charge in [0, 0.05) is 38.3 Å². The van der Waals surface area contributed by atoms with E-state index in [-0.39, 0.29) is 18.6 Å². The summed E-state index contributed by atoms with van der Waals surface area (Å²) in [7, 11) is 2.17. The first-order valence-corrected chi connectivity index (χ1v) is 9.86. The number of hydrogen-bond donors (Lipinski definition) is 0. The van der Waals surface area contributed by atoms with Crippen molar-refractivity contribution in [3.05, 3.63) is 59.4 Å². The molecule has 2 aliphatic rings. The van der Waals surface area contributed by atoms with Gasteiger partial charge in [0.1, 0.15) is 0 Å². The number of esters is 1. The largest absolute Gasteiger partial charge is 0.467 e. The molecule has 1 fully saturated rings. The second-order valence-corrected chi connectivity index (χ2v) is 7.53. The highest BCUT2D eigenvalue weighted by Crippen LogP contribution is 2.43. The SMILES string of the molecule is COC(=O)C1(C(F)(F)F)C=C(CCC(=O)c2ccccc2)C(N2CCCC2)=CN1C. The van der Waals surface area contributed by atoms with Crippen molar-refractivity contribution in [3.63, 3.8) is 0 Å². The minimum Gasteiger partial charge on any atom is -0.467 e. The predicted octanol–water partition coefficient (Wildman–Crippen LogP) is 3.93. The van der Waals surface area contributed by atoms with Crippen LogP contribution in [0.5, 0.6) is 0 Å². The van der Waals surface area contributed by atoms with Crippen LogP contribution in [-0.2, 0) is 9.53 Å². The molecule has 1 unspecified atom stereocenters. The molecule has 1 atom stereocenters. The minimum absolute atomic E-state index is 0.0415. The quantitative estimate of drug-likeness (QED) is 0.514. The Kier molecular flexibility index (Phi) is 6.24. The van der Waals surface area contributed by atoms with Crippen LogP contribution >= 0.6 is 0 Å². The summed E-state index contributed by atoms with van der Waals surface area (Å²) in [5.41, 5.74) is -1.45. The van der Waals surface area contributed by atoms with E-state index in [1.165, 1.54) is 13.2 Å². The standard InChI is InChI=1S/C22H25F3N2O3/c1-26-15-18(27-12-6-7-13-27)17(10-11-19(28)16-8-4-3-5-9-16)14-21(26,20(29)30-2)22(23,24)25/h3-5,8-9,14-15H,6-7,10-13H2,1-2H3. The molecule has 1 saturated heterocycles. The van der Waals surface area contributed by atoms with Gasteiger partial charge in [-0.2, -0.15) is 13.2 Å². The average molecular weight is 422 g/mol. The zero-order valence-corrected chi connectivity index (χ0v) is 17.0. The molecule has 0 spiro atoms. The van der Waals surface area contributed by atoms with Crippen LogP contribution in [-0.4, -0.2) is 60.5 Å². The summed E-state index contributed by atoms with van der Waals surface area (Å²) < 4.78 is 46.9. The van der Waals surface area contributed by atoms with E-state index >= 15 is 0 Å². The first-order chi connectivity index (χ1) is 14.2. The van der Waals surface area contributed by atoms with E-state index in [9.17, 15) is 22.8 Å². The molecule has 0 radical (unpaired) electrons. The van der Waals surface area contributed by atoms with Crippen LogP contribution in [0.2, 0.25) is 0 Å². The van der Waals surface area contributed by atoms with Gasteiger partial charge >= 0.3 is 12.1 Å². The van der Waals surface area contributed by atoms with Gasteiger partial charge in [-0.05, 0) is 30.9 Å². The Balaban J connectivity index is 1.97. The third-order valence-electron chi connectivity index (χ3n) is 5.68. The number of allylic oxidation sites excluding steroid dienone is 1. The molecule has 0 amide bonds. The number of halogens is 3. The zero-order valence-electron chi connectivity index (χ0n) is 17.0. The van der Waals surface area contributed by atoms with E-state index in [0.717, 1.165) is 44.0 Å². The van der Waals surface area contributed by atoms with Crippen molar-refractivity contribution in [1.29, 1.82) is 0 Å². The Hall–Kier alpha value is -2.77. The molecule has 162 valence electrons. The van der Waals surface area contributed by atoms with Gasteiger partial charge in [-0.1, -0.05) is 30.3 Å². The number of carbonyl (C=O) groups excluding carboxylic acids is 2. The predicted molar refractivity (Wildman–Crippen MR) is 106 cm³/mol. The number of Topliss-reactive ketones (excluding diaryl/α,β-unsaturated/α-hetero) is 1. The third-order valence-corrected chi connectivity index (χ3v) is 5.68. The van der Waals surface area contributed by atoms with Crippen molar-refractivity contribution in [1.82, 2.24) is 9.80 Å². The second-order valence-electron chi connectivity index (χ2n) is 7.53. The normalized spacial score (nSPS) is 21.9. The van der Waals surface area contributed by atoms with E-state index in [2.05, 4.69) is 4.74 Å². The molecule has 8 heteroatoms. The first kappa shape index (κ1) is 21.9. The number of benzene rings is 1. The molecule has 0 bridgehead atoms.